The van der Waals surface area contributed by atoms with Crippen molar-refractivity contribution in [3.05, 3.63) is 46.3 Å². The van der Waals surface area contributed by atoms with Crippen molar-refractivity contribution >= 4 is 27.9 Å². The minimum Gasteiger partial charge on any atom is -0.463 e. The summed E-state index contributed by atoms with van der Waals surface area (Å²) >= 11 is 3.03. The molecule has 152 valence electrons. The molecule has 5 atom stereocenters. The Bertz CT molecular complexity index is 740. The van der Waals surface area contributed by atoms with Gasteiger partial charge in [-0.05, 0) is 27.0 Å². The standard InChI is InChI=1S/C17H20BrN3O7/c1-10(22)25-9-13-15(27-11(2)23)14(20-21-19)16(17(18,24)28-13)26-8-12-6-4-3-5-7-12/h3-7,13-16,24H,8-9H2,1-2H3/t13-,14+,15-,16-,17-/m1/s1. The number of azide groups is 1. The molecular weight excluding hydrogens is 438 g/mol. The quantitative estimate of drug-likeness (QED) is 0.217. The van der Waals surface area contributed by atoms with Crippen LogP contribution in [0, 0.1) is 0 Å². The van der Waals surface area contributed by atoms with E-state index >= 15 is 0 Å². The Morgan fingerprint density at radius 1 is 1.32 bits per heavy atom. The molecule has 1 aliphatic heterocycles. The lowest BCUT2D eigenvalue weighted by atomic mass is 9.96. The van der Waals surface area contributed by atoms with Gasteiger partial charge in [0.25, 0.3) is 4.70 Å². The van der Waals surface area contributed by atoms with Gasteiger partial charge in [-0.1, -0.05) is 35.4 Å². The number of esters is 2. The minimum atomic E-state index is -2.08. The number of carbonyl (C=O) groups excluding carboxylic acids is 2. The summed E-state index contributed by atoms with van der Waals surface area (Å²) in [5.41, 5.74) is 9.79. The van der Waals surface area contributed by atoms with E-state index < -0.39 is 41.0 Å². The van der Waals surface area contributed by atoms with E-state index in [9.17, 15) is 14.7 Å². The highest BCUT2D eigenvalue weighted by Crippen LogP contribution is 2.38. The van der Waals surface area contributed by atoms with Crippen molar-refractivity contribution in [3.63, 3.8) is 0 Å². The summed E-state index contributed by atoms with van der Waals surface area (Å²) in [7, 11) is 0. The lowest BCUT2D eigenvalue weighted by Crippen LogP contribution is -2.63. The molecule has 1 N–H and O–H groups in total. The first-order valence-corrected chi connectivity index (χ1v) is 9.13. The topological polar surface area (TPSA) is 140 Å². The first-order chi connectivity index (χ1) is 13.2. The van der Waals surface area contributed by atoms with Crippen molar-refractivity contribution in [2.75, 3.05) is 6.61 Å². The van der Waals surface area contributed by atoms with Gasteiger partial charge < -0.3 is 24.1 Å². The van der Waals surface area contributed by atoms with Gasteiger partial charge in [-0.3, -0.25) is 9.59 Å². The lowest BCUT2D eigenvalue weighted by Gasteiger charge is -2.46. The minimum absolute atomic E-state index is 0.0711. The Labute approximate surface area is 169 Å². The molecule has 1 fully saturated rings. The second kappa shape index (κ2) is 9.85. The fourth-order valence-electron chi connectivity index (χ4n) is 2.76. The van der Waals surface area contributed by atoms with Crippen molar-refractivity contribution in [3.8, 4) is 0 Å². The summed E-state index contributed by atoms with van der Waals surface area (Å²) in [5, 5.41) is 14.4. The van der Waals surface area contributed by atoms with Crippen LogP contribution in [-0.2, 0) is 35.1 Å². The predicted molar refractivity (Wildman–Crippen MR) is 98.9 cm³/mol. The zero-order chi connectivity index (χ0) is 20.7. The highest BCUT2D eigenvalue weighted by atomic mass is 79.9. The van der Waals surface area contributed by atoms with Crippen LogP contribution >= 0.6 is 15.9 Å². The summed E-state index contributed by atoms with van der Waals surface area (Å²) in [5.74, 6) is -1.26. The molecule has 0 bridgehead atoms. The van der Waals surface area contributed by atoms with Gasteiger partial charge in [-0.2, -0.15) is 0 Å². The van der Waals surface area contributed by atoms with Crippen molar-refractivity contribution in [1.29, 1.82) is 0 Å². The van der Waals surface area contributed by atoms with Crippen LogP contribution in [0.2, 0.25) is 0 Å². The molecule has 0 aliphatic carbocycles. The monoisotopic (exact) mass is 457 g/mol. The van der Waals surface area contributed by atoms with E-state index in [1.54, 1.807) is 0 Å². The maximum absolute atomic E-state index is 11.6. The molecule has 28 heavy (non-hydrogen) atoms. The van der Waals surface area contributed by atoms with Gasteiger partial charge in [0.05, 0.1) is 6.61 Å². The number of hydrogen-bond donors (Lipinski definition) is 1. The van der Waals surface area contributed by atoms with Crippen LogP contribution in [0.3, 0.4) is 0 Å². The van der Waals surface area contributed by atoms with Gasteiger partial charge >= 0.3 is 11.9 Å². The van der Waals surface area contributed by atoms with E-state index in [0.717, 1.165) is 5.56 Å². The third-order valence-electron chi connectivity index (χ3n) is 3.89. The van der Waals surface area contributed by atoms with Crippen LogP contribution in [0.15, 0.2) is 35.4 Å². The fraction of sp³-hybridized carbons (Fsp3) is 0.529. The van der Waals surface area contributed by atoms with Crippen molar-refractivity contribution in [1.82, 2.24) is 0 Å². The zero-order valence-corrected chi connectivity index (χ0v) is 16.8. The van der Waals surface area contributed by atoms with Crippen LogP contribution < -0.4 is 0 Å². The maximum Gasteiger partial charge on any atom is 0.303 e. The van der Waals surface area contributed by atoms with Gasteiger partial charge in [0.2, 0.25) is 0 Å². The van der Waals surface area contributed by atoms with Crippen LogP contribution in [0.4, 0.5) is 0 Å². The average molecular weight is 458 g/mol. The third-order valence-corrected chi connectivity index (χ3v) is 4.53. The van der Waals surface area contributed by atoms with Crippen LogP contribution in [-0.4, -0.2) is 52.7 Å². The normalized spacial score (nSPS) is 29.4. The molecular formula is C17H20BrN3O7. The number of nitrogens with zero attached hydrogens (tertiary/aromatic N) is 3. The van der Waals surface area contributed by atoms with Crippen LogP contribution in [0.1, 0.15) is 19.4 Å². The SMILES string of the molecule is CC(=O)OC[C@H]1O[C@@](O)(Br)[C@H](OCc2ccccc2)[C@@H](N=[N+]=[N-])[C@@H]1OC(C)=O. The molecule has 0 radical (unpaired) electrons. The highest BCUT2D eigenvalue weighted by Gasteiger charge is 2.55. The molecule has 1 saturated heterocycles. The Morgan fingerprint density at radius 3 is 2.57 bits per heavy atom. The van der Waals surface area contributed by atoms with Crippen molar-refractivity contribution in [2.24, 2.45) is 5.11 Å². The fourth-order valence-corrected chi connectivity index (χ4v) is 3.41. The number of hydrogen-bond acceptors (Lipinski definition) is 8. The van der Waals surface area contributed by atoms with Gasteiger partial charge in [0, 0.05) is 18.8 Å². The zero-order valence-electron chi connectivity index (χ0n) is 15.2. The molecule has 0 spiro atoms. The molecule has 0 unspecified atom stereocenters. The van der Waals surface area contributed by atoms with Gasteiger partial charge in [-0.15, -0.1) is 0 Å². The van der Waals surface area contributed by atoms with Gasteiger partial charge in [0.1, 0.15) is 31.0 Å². The molecule has 11 heteroatoms. The average Bonchev–Trinajstić information content (AvgIpc) is 2.62. The largest absolute Gasteiger partial charge is 0.463 e. The van der Waals surface area contributed by atoms with Crippen molar-refractivity contribution in [2.45, 2.75) is 49.5 Å². The molecule has 0 amide bonds. The van der Waals surface area contributed by atoms with E-state index in [-0.39, 0.29) is 13.2 Å². The smallest absolute Gasteiger partial charge is 0.303 e. The molecule has 1 aromatic rings. The second-order valence-corrected chi connectivity index (χ2v) is 7.19. The summed E-state index contributed by atoms with van der Waals surface area (Å²) in [4.78, 5) is 25.5. The highest BCUT2D eigenvalue weighted by molar-refractivity contribution is 9.10. The van der Waals surface area contributed by atoms with Crippen LogP contribution in [0.25, 0.3) is 10.4 Å². The van der Waals surface area contributed by atoms with Crippen molar-refractivity contribution < 1.29 is 33.6 Å². The second-order valence-electron chi connectivity index (χ2n) is 6.05. The number of rotatable bonds is 7. The molecule has 0 aromatic heterocycles. The summed E-state index contributed by atoms with van der Waals surface area (Å²) in [6, 6.07) is 7.94. The number of benzene rings is 1. The first-order valence-electron chi connectivity index (χ1n) is 8.34. The maximum atomic E-state index is 11.6. The Kier molecular flexibility index (Phi) is 7.78. The summed E-state index contributed by atoms with van der Waals surface area (Å²) in [6.07, 6.45) is -3.46. The lowest BCUT2D eigenvalue weighted by molar-refractivity contribution is -0.289. The molecule has 0 saturated carbocycles. The number of ether oxygens (including phenoxy) is 4. The Morgan fingerprint density at radius 2 is 2.00 bits per heavy atom. The number of halogens is 1. The molecule has 1 aromatic carbocycles. The Hall–Kier alpha value is -2.17. The molecule has 2 rings (SSSR count). The van der Waals surface area contributed by atoms with E-state index in [0.29, 0.717) is 0 Å². The predicted octanol–water partition coefficient (Wildman–Crippen LogP) is 2.19. The number of carbonyl (C=O) groups is 2. The number of alkyl halides is 1. The Balaban J connectivity index is 2.29. The number of aliphatic hydroxyl groups is 1. The third kappa shape index (κ3) is 5.91. The van der Waals surface area contributed by atoms with Gasteiger partial charge in [0.15, 0.2) is 0 Å². The molecule has 1 heterocycles. The molecule has 10 nitrogen and oxygen atoms in total. The summed E-state index contributed by atoms with van der Waals surface area (Å²) in [6.45, 7) is 2.11. The summed E-state index contributed by atoms with van der Waals surface area (Å²) < 4.78 is 19.4. The molecule has 1 aliphatic rings. The first kappa shape index (κ1) is 22.1. The van der Waals surface area contributed by atoms with E-state index in [1.807, 2.05) is 30.3 Å². The van der Waals surface area contributed by atoms with E-state index in [4.69, 9.17) is 24.5 Å². The van der Waals surface area contributed by atoms with Gasteiger partial charge in [-0.25, -0.2) is 0 Å². The van der Waals surface area contributed by atoms with E-state index in [2.05, 4.69) is 26.0 Å². The van der Waals surface area contributed by atoms with E-state index in [1.165, 1.54) is 13.8 Å². The van der Waals surface area contributed by atoms with Crippen LogP contribution in [0.5, 0.6) is 0 Å².